The van der Waals surface area contributed by atoms with E-state index in [0.29, 0.717) is 55.3 Å². The van der Waals surface area contributed by atoms with Gasteiger partial charge in [-0.25, -0.2) is 10.2 Å². The Bertz CT molecular complexity index is 1710. The van der Waals surface area contributed by atoms with Crippen LogP contribution in [0.25, 0.3) is 0 Å². The highest BCUT2D eigenvalue weighted by Crippen LogP contribution is 2.70. The van der Waals surface area contributed by atoms with Gasteiger partial charge in [-0.1, -0.05) is 35.0 Å². The van der Waals surface area contributed by atoms with E-state index in [-0.39, 0.29) is 42.7 Å². The Morgan fingerprint density at radius 1 is 0.958 bits per heavy atom. The molecule has 5 aliphatic rings. The quantitative estimate of drug-likeness (QED) is 0.157. The average molecular weight is 721 g/mol. The molecule has 4 aliphatic carbocycles. The zero-order valence-electron chi connectivity index (χ0n) is 27.0. The SMILES string of the molecule is CC12CCC3C(CCC4(O)CC(O)CCC34C=NNC(=O)c3cccc(NC(=O)c4cccc(Br)c4)c3)C1(O)CCC2C1=CC(=O)OC1. The van der Waals surface area contributed by atoms with Crippen LogP contribution in [0.3, 0.4) is 0 Å². The van der Waals surface area contributed by atoms with Gasteiger partial charge in [-0.05, 0) is 111 Å². The second kappa shape index (κ2) is 12.2. The minimum absolute atomic E-state index is 0.0444. The number of ether oxygens (including phenoxy) is 1. The minimum Gasteiger partial charge on any atom is -0.458 e. The molecule has 8 atom stereocenters. The maximum atomic E-state index is 13.3. The van der Waals surface area contributed by atoms with Crippen LogP contribution in [0.1, 0.15) is 85.4 Å². The van der Waals surface area contributed by atoms with Gasteiger partial charge in [0.25, 0.3) is 11.8 Å². The highest BCUT2D eigenvalue weighted by atomic mass is 79.9. The molecule has 254 valence electrons. The summed E-state index contributed by atoms with van der Waals surface area (Å²) in [6, 6.07) is 13.6. The number of aliphatic hydroxyl groups excluding tert-OH is 1. The van der Waals surface area contributed by atoms with Crippen LogP contribution < -0.4 is 10.7 Å². The summed E-state index contributed by atoms with van der Waals surface area (Å²) in [7, 11) is 0. The molecule has 0 saturated heterocycles. The van der Waals surface area contributed by atoms with E-state index in [2.05, 4.69) is 38.7 Å². The lowest BCUT2D eigenvalue weighted by Gasteiger charge is -2.65. The fraction of sp³-hybridized carbons (Fsp3) is 0.514. The molecular formula is C37H42BrN3O7. The van der Waals surface area contributed by atoms with Crippen molar-refractivity contribution in [1.82, 2.24) is 5.43 Å². The number of esters is 1. The van der Waals surface area contributed by atoms with Crippen molar-refractivity contribution in [2.24, 2.45) is 33.7 Å². The molecule has 0 bridgehead atoms. The molecule has 4 saturated carbocycles. The van der Waals surface area contributed by atoms with Gasteiger partial charge in [-0.3, -0.25) is 9.59 Å². The van der Waals surface area contributed by atoms with Gasteiger partial charge in [-0.15, -0.1) is 0 Å². The lowest BCUT2D eigenvalue weighted by Crippen LogP contribution is -2.68. The lowest BCUT2D eigenvalue weighted by molar-refractivity contribution is -0.237. The number of carbonyl (C=O) groups excluding carboxylic acids is 3. The van der Waals surface area contributed by atoms with Crippen LogP contribution >= 0.6 is 15.9 Å². The summed E-state index contributed by atoms with van der Waals surface area (Å²) in [5, 5.41) is 42.8. The first-order chi connectivity index (χ1) is 22.9. The molecule has 48 heavy (non-hydrogen) atoms. The third-order valence-corrected chi connectivity index (χ3v) is 13.1. The Labute approximate surface area is 288 Å². The monoisotopic (exact) mass is 719 g/mol. The number of amides is 2. The number of nitrogens with zero attached hydrogens (tertiary/aromatic N) is 1. The molecule has 1 heterocycles. The summed E-state index contributed by atoms with van der Waals surface area (Å²) in [4.78, 5) is 38.0. The van der Waals surface area contributed by atoms with Crippen LogP contribution in [0.15, 0.2) is 69.8 Å². The van der Waals surface area contributed by atoms with Crippen molar-refractivity contribution >= 4 is 45.6 Å². The van der Waals surface area contributed by atoms with Crippen LogP contribution in [0.2, 0.25) is 0 Å². The number of aliphatic hydroxyl groups is 3. The number of hydrazone groups is 1. The first-order valence-corrected chi connectivity index (χ1v) is 17.7. The van der Waals surface area contributed by atoms with E-state index in [1.54, 1.807) is 54.8 Å². The highest BCUT2D eigenvalue weighted by Gasteiger charge is 2.71. The Balaban J connectivity index is 1.12. The molecule has 2 amide bonds. The average Bonchev–Trinajstić information content (AvgIpc) is 3.60. The lowest BCUT2D eigenvalue weighted by atomic mass is 9.41. The fourth-order valence-corrected chi connectivity index (χ4v) is 10.6. The smallest absolute Gasteiger partial charge is 0.331 e. The topological polar surface area (TPSA) is 158 Å². The standard InChI is InChI=1S/C37H42BrN3O7/c1-34-12-9-29-30(37(34,47)15-11-28(34)24-18-31(43)48-20-24)10-14-36(46)19-27(42)8-13-35(29,36)21-39-41-33(45)23-5-3-7-26(17-23)40-32(44)22-4-2-6-25(38)16-22/h2-7,16-18,21,27-30,42,46-47H,8-15,19-20H2,1H3,(H,40,44)(H,41,45). The second-order valence-corrected chi connectivity index (χ2v) is 15.7. The number of nitrogens with one attached hydrogen (secondary N) is 2. The third-order valence-electron chi connectivity index (χ3n) is 12.6. The summed E-state index contributed by atoms with van der Waals surface area (Å²) in [5.74, 6) is -1.30. The predicted octanol–water partition coefficient (Wildman–Crippen LogP) is 5.13. The number of hydrogen-bond acceptors (Lipinski definition) is 8. The number of fused-ring (bicyclic) bond motifs is 5. The number of cyclic esters (lactones) is 1. The van der Waals surface area contributed by atoms with Crippen molar-refractivity contribution in [1.29, 1.82) is 0 Å². The molecule has 4 fully saturated rings. The van der Waals surface area contributed by atoms with Gasteiger partial charge in [0.2, 0.25) is 0 Å². The number of anilines is 1. The van der Waals surface area contributed by atoms with Crippen LogP contribution in [0.4, 0.5) is 5.69 Å². The van der Waals surface area contributed by atoms with Crippen LogP contribution in [-0.2, 0) is 9.53 Å². The Hall–Kier alpha value is -3.38. The van der Waals surface area contributed by atoms with E-state index in [4.69, 9.17) is 4.74 Å². The molecule has 1 aliphatic heterocycles. The largest absolute Gasteiger partial charge is 0.458 e. The summed E-state index contributed by atoms with van der Waals surface area (Å²) >= 11 is 3.38. The minimum atomic E-state index is -1.24. The van der Waals surface area contributed by atoms with E-state index in [9.17, 15) is 29.7 Å². The third kappa shape index (κ3) is 5.34. The number of halogens is 1. The molecule has 11 heteroatoms. The predicted molar refractivity (Wildman–Crippen MR) is 182 cm³/mol. The normalized spacial score (nSPS) is 37.2. The summed E-state index contributed by atoms with van der Waals surface area (Å²) in [6.07, 6.45) is 7.64. The van der Waals surface area contributed by atoms with E-state index in [1.165, 1.54) is 0 Å². The zero-order chi connectivity index (χ0) is 33.9. The van der Waals surface area contributed by atoms with Crippen molar-refractivity contribution in [3.8, 4) is 0 Å². The maximum absolute atomic E-state index is 13.3. The number of rotatable bonds is 6. The molecule has 2 aromatic carbocycles. The van der Waals surface area contributed by atoms with Gasteiger partial charge in [0.1, 0.15) is 6.61 Å². The maximum Gasteiger partial charge on any atom is 0.331 e. The molecule has 7 rings (SSSR count). The van der Waals surface area contributed by atoms with Gasteiger partial charge >= 0.3 is 5.97 Å². The van der Waals surface area contributed by atoms with Gasteiger partial charge in [0.05, 0.1) is 17.3 Å². The van der Waals surface area contributed by atoms with Gasteiger partial charge in [0, 0.05) is 50.8 Å². The van der Waals surface area contributed by atoms with Gasteiger partial charge in [0.15, 0.2) is 0 Å². The van der Waals surface area contributed by atoms with Gasteiger partial charge in [-0.2, -0.15) is 5.10 Å². The highest BCUT2D eigenvalue weighted by molar-refractivity contribution is 9.10. The van der Waals surface area contributed by atoms with Gasteiger partial charge < -0.3 is 25.4 Å². The molecule has 8 unspecified atom stereocenters. The van der Waals surface area contributed by atoms with Crippen molar-refractivity contribution in [2.75, 3.05) is 11.9 Å². The Morgan fingerprint density at radius 3 is 2.46 bits per heavy atom. The molecule has 2 aromatic rings. The molecule has 0 radical (unpaired) electrons. The first kappa shape index (κ1) is 33.1. The molecule has 0 aromatic heterocycles. The fourth-order valence-electron chi connectivity index (χ4n) is 10.2. The van der Waals surface area contributed by atoms with E-state index < -0.39 is 34.0 Å². The van der Waals surface area contributed by atoms with Crippen molar-refractivity contribution < 1.29 is 34.4 Å². The number of carbonyl (C=O) groups is 3. The van der Waals surface area contributed by atoms with E-state index in [1.807, 2.05) is 6.07 Å². The van der Waals surface area contributed by atoms with Crippen LogP contribution in [0.5, 0.6) is 0 Å². The molecule has 5 N–H and O–H groups in total. The molecular weight excluding hydrogens is 678 g/mol. The summed E-state index contributed by atoms with van der Waals surface area (Å²) in [5.41, 5.74) is 1.29. The Morgan fingerprint density at radius 2 is 1.71 bits per heavy atom. The van der Waals surface area contributed by atoms with E-state index >= 15 is 0 Å². The summed E-state index contributed by atoms with van der Waals surface area (Å²) in [6.45, 7) is 2.42. The zero-order valence-corrected chi connectivity index (χ0v) is 28.5. The van der Waals surface area contributed by atoms with Crippen molar-refractivity contribution in [2.45, 2.75) is 82.0 Å². The van der Waals surface area contributed by atoms with Crippen LogP contribution in [0, 0.1) is 28.6 Å². The van der Waals surface area contributed by atoms with Crippen molar-refractivity contribution in [3.63, 3.8) is 0 Å². The van der Waals surface area contributed by atoms with Crippen LogP contribution in [-0.4, -0.2) is 63.2 Å². The molecule has 0 spiro atoms. The van der Waals surface area contributed by atoms with E-state index in [0.717, 1.165) is 22.9 Å². The Kier molecular flexibility index (Phi) is 8.41. The second-order valence-electron chi connectivity index (χ2n) is 14.8. The number of benzene rings is 2. The summed E-state index contributed by atoms with van der Waals surface area (Å²) < 4.78 is 6.03. The first-order valence-electron chi connectivity index (χ1n) is 16.9. The number of hydrogen-bond donors (Lipinski definition) is 5. The molecule has 10 nitrogen and oxygen atoms in total. The van der Waals surface area contributed by atoms with Crippen molar-refractivity contribution in [3.05, 3.63) is 75.8 Å².